The monoisotopic (exact) mass is 314 g/mol. The van der Waals surface area contributed by atoms with Crippen LogP contribution < -0.4 is 4.90 Å². The van der Waals surface area contributed by atoms with Crippen LogP contribution in [0, 0.1) is 6.92 Å². The molecule has 0 aliphatic carbocycles. The van der Waals surface area contributed by atoms with Crippen molar-refractivity contribution in [3.8, 4) is 5.69 Å². The van der Waals surface area contributed by atoms with Crippen molar-refractivity contribution in [2.24, 2.45) is 0 Å². The molecule has 0 radical (unpaired) electrons. The molecule has 1 aromatic heterocycles. The zero-order valence-electron chi connectivity index (χ0n) is 13.6. The lowest BCUT2D eigenvalue weighted by Crippen LogP contribution is -2.38. The fraction of sp³-hybridized carbons (Fsp3) is 0.500. The Morgan fingerprint density at radius 2 is 1.96 bits per heavy atom. The normalized spacial score (nSPS) is 15.8. The zero-order valence-corrected chi connectivity index (χ0v) is 13.6. The van der Waals surface area contributed by atoms with E-state index in [4.69, 9.17) is 0 Å². The van der Waals surface area contributed by atoms with E-state index in [0.29, 0.717) is 12.5 Å². The molecule has 0 bridgehead atoms. The minimum Gasteiger partial charge on any atom is -0.341 e. The molecule has 2 heterocycles. The summed E-state index contributed by atoms with van der Waals surface area (Å²) in [6.07, 6.45) is 1.90. The van der Waals surface area contributed by atoms with Crippen LogP contribution in [0.15, 0.2) is 24.3 Å². The van der Waals surface area contributed by atoms with E-state index in [-0.39, 0.29) is 5.91 Å². The molecule has 7 heteroatoms. The Morgan fingerprint density at radius 3 is 2.70 bits per heavy atom. The zero-order chi connectivity index (χ0) is 16.2. The summed E-state index contributed by atoms with van der Waals surface area (Å²) in [5.74, 6) is 0.767. The average Bonchev–Trinajstić information content (AvgIpc) is 2.96. The third-order valence-corrected chi connectivity index (χ3v) is 4.04. The second kappa shape index (κ2) is 6.76. The van der Waals surface area contributed by atoms with Crippen molar-refractivity contribution < 1.29 is 4.79 Å². The van der Waals surface area contributed by atoms with Gasteiger partial charge < -0.3 is 9.80 Å². The van der Waals surface area contributed by atoms with Crippen LogP contribution in [-0.2, 0) is 4.79 Å². The number of hydrogen-bond donors (Lipinski definition) is 0. The smallest absolute Gasteiger partial charge is 0.250 e. The lowest BCUT2D eigenvalue weighted by Gasteiger charge is -2.21. The van der Waals surface area contributed by atoms with Crippen LogP contribution in [-0.4, -0.2) is 57.2 Å². The van der Waals surface area contributed by atoms with Gasteiger partial charge in [0.15, 0.2) is 0 Å². The first kappa shape index (κ1) is 15.5. The molecule has 2 aromatic rings. The summed E-state index contributed by atoms with van der Waals surface area (Å²) in [6, 6.07) is 8.02. The Balaban J connectivity index is 1.84. The molecule has 1 saturated heterocycles. The van der Waals surface area contributed by atoms with Gasteiger partial charge in [-0.2, -0.15) is 4.68 Å². The van der Waals surface area contributed by atoms with E-state index in [2.05, 4.69) is 22.4 Å². The standard InChI is InChI=1S/C16H22N6O/c1-3-9-20-10-4-11-21(12-15(20)23)16-17-18-19-22(16)14-7-5-13(2)6-8-14/h5-8H,3-4,9-12H2,1-2H3. The van der Waals surface area contributed by atoms with Crippen LogP contribution in [0.5, 0.6) is 0 Å². The molecule has 1 amide bonds. The molecule has 0 atom stereocenters. The predicted octanol–water partition coefficient (Wildman–Crippen LogP) is 1.42. The van der Waals surface area contributed by atoms with Crippen molar-refractivity contribution in [2.75, 3.05) is 31.1 Å². The molecule has 0 unspecified atom stereocenters. The summed E-state index contributed by atoms with van der Waals surface area (Å²) in [5, 5.41) is 12.0. The number of carbonyl (C=O) groups excluding carboxylic acids is 1. The number of aromatic nitrogens is 4. The second-order valence-corrected chi connectivity index (χ2v) is 5.88. The van der Waals surface area contributed by atoms with Crippen LogP contribution in [0.3, 0.4) is 0 Å². The van der Waals surface area contributed by atoms with E-state index in [1.165, 1.54) is 5.56 Å². The Kier molecular flexibility index (Phi) is 4.55. The number of benzene rings is 1. The highest BCUT2D eigenvalue weighted by Gasteiger charge is 2.25. The van der Waals surface area contributed by atoms with Gasteiger partial charge in [0, 0.05) is 19.6 Å². The summed E-state index contributed by atoms with van der Waals surface area (Å²) >= 11 is 0. The summed E-state index contributed by atoms with van der Waals surface area (Å²) < 4.78 is 1.70. The van der Waals surface area contributed by atoms with Crippen molar-refractivity contribution in [1.82, 2.24) is 25.1 Å². The number of rotatable bonds is 4. The van der Waals surface area contributed by atoms with Gasteiger partial charge in [0.1, 0.15) is 0 Å². The molecule has 3 rings (SSSR count). The Hall–Kier alpha value is -2.44. The summed E-state index contributed by atoms with van der Waals surface area (Å²) in [4.78, 5) is 16.3. The molecule has 0 saturated carbocycles. The third kappa shape index (κ3) is 3.33. The number of amides is 1. The maximum Gasteiger partial charge on any atom is 0.250 e. The Labute approximate surface area is 135 Å². The Morgan fingerprint density at radius 1 is 1.17 bits per heavy atom. The molecule has 1 fully saturated rings. The van der Waals surface area contributed by atoms with Crippen LogP contribution in [0.25, 0.3) is 5.69 Å². The summed E-state index contributed by atoms with van der Waals surface area (Å²) in [6.45, 7) is 6.85. The van der Waals surface area contributed by atoms with Gasteiger partial charge in [0.05, 0.1) is 12.2 Å². The summed E-state index contributed by atoms with van der Waals surface area (Å²) in [5.41, 5.74) is 2.08. The third-order valence-electron chi connectivity index (χ3n) is 4.04. The quantitative estimate of drug-likeness (QED) is 0.854. The highest BCUT2D eigenvalue weighted by molar-refractivity contribution is 5.81. The molecule has 7 nitrogen and oxygen atoms in total. The molecular weight excluding hydrogens is 292 g/mol. The number of hydrogen-bond acceptors (Lipinski definition) is 5. The van der Waals surface area contributed by atoms with Crippen molar-refractivity contribution in [1.29, 1.82) is 0 Å². The fourth-order valence-electron chi connectivity index (χ4n) is 2.83. The fourth-order valence-corrected chi connectivity index (χ4v) is 2.83. The van der Waals surface area contributed by atoms with E-state index >= 15 is 0 Å². The van der Waals surface area contributed by atoms with E-state index < -0.39 is 0 Å². The van der Waals surface area contributed by atoms with Gasteiger partial charge in [-0.1, -0.05) is 29.7 Å². The first-order valence-corrected chi connectivity index (χ1v) is 8.07. The van der Waals surface area contributed by atoms with Crippen molar-refractivity contribution in [2.45, 2.75) is 26.7 Å². The molecule has 1 aromatic carbocycles. The van der Waals surface area contributed by atoms with Gasteiger partial charge in [-0.15, -0.1) is 0 Å². The van der Waals surface area contributed by atoms with Crippen molar-refractivity contribution in [3.05, 3.63) is 29.8 Å². The maximum absolute atomic E-state index is 12.4. The number of aryl methyl sites for hydroxylation is 1. The van der Waals surface area contributed by atoms with E-state index in [0.717, 1.165) is 38.2 Å². The SMILES string of the molecule is CCCN1CCCN(c2nnnn2-c2ccc(C)cc2)CC1=O. The average molecular weight is 314 g/mol. The van der Waals surface area contributed by atoms with Crippen LogP contribution in [0.2, 0.25) is 0 Å². The van der Waals surface area contributed by atoms with Gasteiger partial charge >= 0.3 is 0 Å². The van der Waals surface area contributed by atoms with Gasteiger partial charge in [0.2, 0.25) is 5.91 Å². The van der Waals surface area contributed by atoms with Crippen LogP contribution in [0.1, 0.15) is 25.3 Å². The molecule has 122 valence electrons. The number of anilines is 1. The van der Waals surface area contributed by atoms with Crippen molar-refractivity contribution >= 4 is 11.9 Å². The lowest BCUT2D eigenvalue weighted by atomic mass is 10.2. The number of nitrogens with zero attached hydrogens (tertiary/aromatic N) is 6. The molecule has 0 spiro atoms. The summed E-state index contributed by atoms with van der Waals surface area (Å²) in [7, 11) is 0. The first-order chi connectivity index (χ1) is 11.2. The molecule has 0 N–H and O–H groups in total. The number of carbonyl (C=O) groups is 1. The van der Waals surface area contributed by atoms with Crippen molar-refractivity contribution in [3.63, 3.8) is 0 Å². The van der Waals surface area contributed by atoms with Crippen LogP contribution >= 0.6 is 0 Å². The van der Waals surface area contributed by atoms with Gasteiger partial charge in [-0.05, 0) is 42.3 Å². The first-order valence-electron chi connectivity index (χ1n) is 8.07. The van der Waals surface area contributed by atoms with Gasteiger partial charge in [-0.25, -0.2) is 0 Å². The van der Waals surface area contributed by atoms with Gasteiger partial charge in [-0.3, -0.25) is 4.79 Å². The van der Waals surface area contributed by atoms with Crippen LogP contribution in [0.4, 0.5) is 5.95 Å². The molecule has 23 heavy (non-hydrogen) atoms. The maximum atomic E-state index is 12.4. The lowest BCUT2D eigenvalue weighted by molar-refractivity contribution is -0.129. The molecular formula is C16H22N6O. The highest BCUT2D eigenvalue weighted by atomic mass is 16.2. The Bertz CT molecular complexity index is 665. The molecule has 1 aliphatic heterocycles. The predicted molar refractivity (Wildman–Crippen MR) is 87.6 cm³/mol. The minimum atomic E-state index is 0.141. The largest absolute Gasteiger partial charge is 0.341 e. The van der Waals surface area contributed by atoms with E-state index in [9.17, 15) is 4.79 Å². The van der Waals surface area contributed by atoms with Gasteiger partial charge in [0.25, 0.3) is 5.95 Å². The second-order valence-electron chi connectivity index (χ2n) is 5.88. The topological polar surface area (TPSA) is 67.2 Å². The molecule has 1 aliphatic rings. The number of tetrazole rings is 1. The van der Waals surface area contributed by atoms with E-state index in [1.54, 1.807) is 4.68 Å². The van der Waals surface area contributed by atoms with E-state index in [1.807, 2.05) is 41.0 Å². The highest BCUT2D eigenvalue weighted by Crippen LogP contribution is 2.18. The minimum absolute atomic E-state index is 0.141.